The van der Waals surface area contributed by atoms with Gasteiger partial charge in [-0.3, -0.25) is 9.59 Å². The normalized spacial score (nSPS) is 10.6. The maximum atomic E-state index is 12.9. The first-order chi connectivity index (χ1) is 15.1. The number of nitrogens with one attached hydrogen (secondary N) is 2. The molecule has 0 unspecified atom stereocenters. The lowest BCUT2D eigenvalue weighted by atomic mass is 10.0. The molecule has 2 N–H and O–H groups in total. The van der Waals surface area contributed by atoms with Gasteiger partial charge in [-0.1, -0.05) is 66.7 Å². The van der Waals surface area contributed by atoms with Gasteiger partial charge in [0.25, 0.3) is 11.5 Å². The molecule has 0 saturated carbocycles. The van der Waals surface area contributed by atoms with E-state index in [4.69, 9.17) is 0 Å². The van der Waals surface area contributed by atoms with Crippen molar-refractivity contribution < 1.29 is 9.18 Å². The molecule has 0 aliphatic carbocycles. The van der Waals surface area contributed by atoms with Crippen molar-refractivity contribution in [2.75, 3.05) is 6.54 Å². The van der Waals surface area contributed by atoms with Crippen molar-refractivity contribution in [3.05, 3.63) is 118 Å². The van der Waals surface area contributed by atoms with Gasteiger partial charge in [-0.05, 0) is 52.9 Å². The molecule has 0 spiro atoms. The SMILES string of the molecule is O=C(NCCc1ccc(F)cc1)c1ccc(-c2ccc(-c3ccccc3)cc2)[nH]c1=O. The highest BCUT2D eigenvalue weighted by Crippen LogP contribution is 2.23. The summed E-state index contributed by atoms with van der Waals surface area (Å²) in [5, 5.41) is 2.74. The first-order valence-corrected chi connectivity index (χ1v) is 10.0. The zero-order valence-corrected chi connectivity index (χ0v) is 16.8. The molecule has 0 aliphatic rings. The topological polar surface area (TPSA) is 62.0 Å². The number of hydrogen-bond donors (Lipinski definition) is 2. The third kappa shape index (κ3) is 4.95. The van der Waals surface area contributed by atoms with E-state index < -0.39 is 11.5 Å². The quantitative estimate of drug-likeness (QED) is 0.477. The van der Waals surface area contributed by atoms with Crippen molar-refractivity contribution in [2.24, 2.45) is 0 Å². The van der Waals surface area contributed by atoms with Crippen LogP contribution in [-0.4, -0.2) is 17.4 Å². The highest BCUT2D eigenvalue weighted by molar-refractivity contribution is 5.94. The summed E-state index contributed by atoms with van der Waals surface area (Å²) in [6.07, 6.45) is 0.551. The Bertz CT molecular complexity index is 1230. The maximum absolute atomic E-state index is 12.9. The number of rotatable bonds is 6. The lowest BCUT2D eigenvalue weighted by Crippen LogP contribution is -2.31. The summed E-state index contributed by atoms with van der Waals surface area (Å²) >= 11 is 0. The number of pyridine rings is 1. The molecule has 1 heterocycles. The van der Waals surface area contributed by atoms with Gasteiger partial charge in [-0.15, -0.1) is 0 Å². The van der Waals surface area contributed by atoms with Crippen LogP contribution in [0.2, 0.25) is 0 Å². The van der Waals surface area contributed by atoms with Crippen LogP contribution >= 0.6 is 0 Å². The van der Waals surface area contributed by atoms with Crippen molar-refractivity contribution in [1.29, 1.82) is 0 Å². The molecule has 3 aromatic carbocycles. The molecule has 5 heteroatoms. The number of amides is 1. The minimum Gasteiger partial charge on any atom is -0.352 e. The largest absolute Gasteiger partial charge is 0.352 e. The fraction of sp³-hybridized carbons (Fsp3) is 0.0769. The van der Waals surface area contributed by atoms with Crippen LogP contribution < -0.4 is 10.9 Å². The third-order valence-corrected chi connectivity index (χ3v) is 5.07. The van der Waals surface area contributed by atoms with Gasteiger partial charge in [0.15, 0.2) is 0 Å². The summed E-state index contributed by atoms with van der Waals surface area (Å²) in [5.41, 5.74) is 4.24. The summed E-state index contributed by atoms with van der Waals surface area (Å²) in [7, 11) is 0. The molecule has 1 amide bonds. The second kappa shape index (κ2) is 9.22. The van der Waals surface area contributed by atoms with Crippen LogP contribution in [0.1, 0.15) is 15.9 Å². The molecule has 0 saturated heterocycles. The minimum atomic E-state index is -0.441. The van der Waals surface area contributed by atoms with Crippen LogP contribution in [-0.2, 0) is 6.42 Å². The van der Waals surface area contributed by atoms with Crippen LogP contribution in [0.15, 0.2) is 95.8 Å². The van der Waals surface area contributed by atoms with E-state index in [1.54, 1.807) is 18.2 Å². The monoisotopic (exact) mass is 412 g/mol. The first-order valence-electron chi connectivity index (χ1n) is 10.0. The summed E-state index contributed by atoms with van der Waals surface area (Å²) in [6, 6.07) is 27.3. The second-order valence-electron chi connectivity index (χ2n) is 7.19. The number of benzene rings is 3. The average molecular weight is 412 g/mol. The molecule has 0 bridgehead atoms. The number of halogens is 1. The van der Waals surface area contributed by atoms with Crippen molar-refractivity contribution in [3.8, 4) is 22.4 Å². The highest BCUT2D eigenvalue weighted by Gasteiger charge is 2.11. The summed E-state index contributed by atoms with van der Waals surface area (Å²) in [4.78, 5) is 27.6. The van der Waals surface area contributed by atoms with Crippen LogP contribution in [0.25, 0.3) is 22.4 Å². The number of carbonyl (C=O) groups is 1. The van der Waals surface area contributed by atoms with E-state index in [-0.39, 0.29) is 11.4 Å². The third-order valence-electron chi connectivity index (χ3n) is 5.07. The number of hydrogen-bond acceptors (Lipinski definition) is 2. The Morgan fingerprint density at radius 1 is 0.774 bits per heavy atom. The Morgan fingerprint density at radius 2 is 1.42 bits per heavy atom. The van der Waals surface area contributed by atoms with E-state index in [9.17, 15) is 14.0 Å². The van der Waals surface area contributed by atoms with Gasteiger partial charge in [-0.2, -0.15) is 0 Å². The molecule has 4 nitrogen and oxygen atoms in total. The lowest BCUT2D eigenvalue weighted by molar-refractivity contribution is 0.0952. The van der Waals surface area contributed by atoms with Crippen molar-refractivity contribution in [1.82, 2.24) is 10.3 Å². The molecular weight excluding hydrogens is 391 g/mol. The van der Waals surface area contributed by atoms with E-state index in [1.807, 2.05) is 54.6 Å². The Kier molecular flexibility index (Phi) is 6.03. The lowest BCUT2D eigenvalue weighted by Gasteiger charge is -2.07. The van der Waals surface area contributed by atoms with Crippen molar-refractivity contribution in [3.63, 3.8) is 0 Å². The van der Waals surface area contributed by atoms with Crippen LogP contribution in [0.5, 0.6) is 0 Å². The molecule has 0 radical (unpaired) electrons. The van der Waals surface area contributed by atoms with Crippen molar-refractivity contribution in [2.45, 2.75) is 6.42 Å². The summed E-state index contributed by atoms with van der Waals surface area (Å²) in [6.45, 7) is 0.354. The summed E-state index contributed by atoms with van der Waals surface area (Å²) < 4.78 is 12.9. The molecule has 31 heavy (non-hydrogen) atoms. The Balaban J connectivity index is 1.42. The molecule has 0 aliphatic heterocycles. The second-order valence-corrected chi connectivity index (χ2v) is 7.19. The molecule has 0 atom stereocenters. The Labute approximate surface area is 179 Å². The smallest absolute Gasteiger partial charge is 0.261 e. The number of H-pyrrole nitrogens is 1. The highest BCUT2D eigenvalue weighted by atomic mass is 19.1. The van der Waals surface area contributed by atoms with E-state index in [0.717, 1.165) is 22.3 Å². The summed E-state index contributed by atoms with van der Waals surface area (Å²) in [5.74, 6) is -0.733. The number of aromatic amines is 1. The van der Waals surface area contributed by atoms with Crippen LogP contribution in [0.4, 0.5) is 4.39 Å². The van der Waals surface area contributed by atoms with Gasteiger partial charge in [0, 0.05) is 12.2 Å². The zero-order chi connectivity index (χ0) is 21.6. The van der Waals surface area contributed by atoms with E-state index in [2.05, 4.69) is 10.3 Å². The van der Waals surface area contributed by atoms with Crippen LogP contribution in [0, 0.1) is 5.82 Å². The standard InChI is InChI=1S/C26H21FN2O2/c27-22-12-6-18(7-13-22)16-17-28-25(30)23-14-15-24(29-26(23)31)21-10-8-20(9-11-21)19-4-2-1-3-5-19/h1-15H,16-17H2,(H,28,30)(H,29,31). The zero-order valence-electron chi connectivity index (χ0n) is 16.8. The molecule has 0 fully saturated rings. The van der Waals surface area contributed by atoms with E-state index in [0.29, 0.717) is 18.7 Å². The number of carbonyl (C=O) groups excluding carboxylic acids is 1. The predicted molar refractivity (Wildman–Crippen MR) is 120 cm³/mol. The average Bonchev–Trinajstić information content (AvgIpc) is 2.81. The molecule has 1 aromatic heterocycles. The first kappa shape index (κ1) is 20.3. The predicted octanol–water partition coefficient (Wildman–Crippen LogP) is 4.82. The molecule has 4 rings (SSSR count). The fourth-order valence-electron chi connectivity index (χ4n) is 3.36. The fourth-order valence-corrected chi connectivity index (χ4v) is 3.36. The van der Waals surface area contributed by atoms with Gasteiger partial charge in [0.2, 0.25) is 0 Å². The van der Waals surface area contributed by atoms with Gasteiger partial charge < -0.3 is 10.3 Å². The van der Waals surface area contributed by atoms with Gasteiger partial charge in [0.05, 0.1) is 0 Å². The van der Waals surface area contributed by atoms with Crippen molar-refractivity contribution >= 4 is 5.91 Å². The molecule has 4 aromatic rings. The maximum Gasteiger partial charge on any atom is 0.261 e. The van der Waals surface area contributed by atoms with Gasteiger partial charge in [0.1, 0.15) is 11.4 Å². The van der Waals surface area contributed by atoms with Gasteiger partial charge >= 0.3 is 0 Å². The minimum absolute atomic E-state index is 0.0590. The Morgan fingerprint density at radius 3 is 2.10 bits per heavy atom. The Hall–Kier alpha value is -3.99. The number of aromatic nitrogens is 1. The van der Waals surface area contributed by atoms with Gasteiger partial charge in [-0.25, -0.2) is 4.39 Å². The van der Waals surface area contributed by atoms with E-state index >= 15 is 0 Å². The van der Waals surface area contributed by atoms with Crippen LogP contribution in [0.3, 0.4) is 0 Å². The van der Waals surface area contributed by atoms with E-state index in [1.165, 1.54) is 18.2 Å². The molecular formula is C26H21FN2O2. The molecule has 154 valence electrons.